The molecule has 1 heterocycles. The largest absolute Gasteiger partial charge is 0.358 e. The van der Waals surface area contributed by atoms with Crippen LogP contribution in [0.4, 0.5) is 5.69 Å². The fraction of sp³-hybridized carbons (Fsp3) is 0.483. The summed E-state index contributed by atoms with van der Waals surface area (Å²) in [7, 11) is 0. The highest BCUT2D eigenvalue weighted by atomic mass is 16.1. The molecule has 0 radical (unpaired) electrons. The molecule has 1 aromatic heterocycles. The fourth-order valence-corrected chi connectivity index (χ4v) is 5.34. The number of aromatic nitrogens is 1. The smallest absolute Gasteiger partial charge is 0.224 e. The SMILES string of the molecule is CCCN(CCC)CC1CCc2[nH]c3ccc(NC(=O)CCCc4ccccc4)cc3c2C1. The Labute approximate surface area is 198 Å². The first-order valence-corrected chi connectivity index (χ1v) is 12.9. The standard InChI is InChI=1S/C29H39N3O/c1-3-17-32(18-4-2)21-23-13-15-27-25(19-23)26-20-24(14-16-28(26)31-27)30-29(33)12-8-11-22-9-6-5-7-10-22/h5-7,9-10,14,16,20,23,31H,3-4,8,11-13,15,17-19,21H2,1-2H3,(H,30,33). The van der Waals surface area contributed by atoms with Crippen LogP contribution in [0.25, 0.3) is 10.9 Å². The zero-order chi connectivity index (χ0) is 23.0. The summed E-state index contributed by atoms with van der Waals surface area (Å²) < 4.78 is 0. The predicted molar refractivity (Wildman–Crippen MR) is 139 cm³/mol. The van der Waals surface area contributed by atoms with E-state index in [9.17, 15) is 4.79 Å². The molecule has 0 saturated carbocycles. The first kappa shape index (κ1) is 23.6. The first-order chi connectivity index (χ1) is 16.2. The number of aromatic amines is 1. The van der Waals surface area contributed by atoms with Gasteiger partial charge in [0.15, 0.2) is 0 Å². The van der Waals surface area contributed by atoms with Crippen molar-refractivity contribution in [2.45, 2.75) is 65.2 Å². The number of rotatable bonds is 11. The molecule has 0 bridgehead atoms. The van der Waals surface area contributed by atoms with Crippen molar-refractivity contribution >= 4 is 22.5 Å². The predicted octanol–water partition coefficient (Wildman–Crippen LogP) is 6.36. The van der Waals surface area contributed by atoms with Crippen LogP contribution in [0.2, 0.25) is 0 Å². The summed E-state index contributed by atoms with van der Waals surface area (Å²) in [6.07, 6.45) is 8.31. The van der Waals surface area contributed by atoms with Gasteiger partial charge in [-0.2, -0.15) is 0 Å². The molecule has 1 atom stereocenters. The Balaban J connectivity index is 1.38. The van der Waals surface area contributed by atoms with Crippen LogP contribution in [-0.2, 0) is 24.1 Å². The molecule has 0 spiro atoms. The minimum atomic E-state index is 0.0994. The third-order valence-corrected chi connectivity index (χ3v) is 6.88. The Morgan fingerprint density at radius 1 is 1.09 bits per heavy atom. The molecule has 0 fully saturated rings. The molecule has 1 amide bonds. The number of anilines is 1. The number of carbonyl (C=O) groups excluding carboxylic acids is 1. The van der Waals surface area contributed by atoms with E-state index in [-0.39, 0.29) is 5.91 Å². The van der Waals surface area contributed by atoms with Gasteiger partial charge in [0.05, 0.1) is 0 Å². The van der Waals surface area contributed by atoms with Crippen molar-refractivity contribution in [1.29, 1.82) is 0 Å². The maximum Gasteiger partial charge on any atom is 0.224 e. The average Bonchev–Trinajstić information content (AvgIpc) is 3.17. The summed E-state index contributed by atoms with van der Waals surface area (Å²) in [4.78, 5) is 18.8. The summed E-state index contributed by atoms with van der Waals surface area (Å²) >= 11 is 0. The van der Waals surface area contributed by atoms with Gasteiger partial charge in [-0.05, 0) is 93.3 Å². The summed E-state index contributed by atoms with van der Waals surface area (Å²) in [5.41, 5.74) is 6.26. The molecule has 1 unspecified atom stereocenters. The molecule has 2 N–H and O–H groups in total. The van der Waals surface area contributed by atoms with Gasteiger partial charge >= 0.3 is 0 Å². The highest BCUT2D eigenvalue weighted by Gasteiger charge is 2.24. The molecule has 1 aliphatic rings. The number of hydrogen-bond donors (Lipinski definition) is 2. The summed E-state index contributed by atoms with van der Waals surface area (Å²) in [6, 6.07) is 16.7. The van der Waals surface area contributed by atoms with E-state index < -0.39 is 0 Å². The number of benzene rings is 2. The van der Waals surface area contributed by atoms with Crippen LogP contribution in [0.3, 0.4) is 0 Å². The number of aryl methyl sites for hydroxylation is 2. The second kappa shape index (κ2) is 11.5. The Kier molecular flexibility index (Phi) is 8.22. The lowest BCUT2D eigenvalue weighted by atomic mass is 9.86. The highest BCUT2D eigenvalue weighted by molar-refractivity contribution is 5.95. The second-order valence-electron chi connectivity index (χ2n) is 9.64. The van der Waals surface area contributed by atoms with Gasteiger partial charge in [0.25, 0.3) is 0 Å². The Morgan fingerprint density at radius 2 is 1.88 bits per heavy atom. The first-order valence-electron chi connectivity index (χ1n) is 12.9. The topological polar surface area (TPSA) is 48.1 Å². The highest BCUT2D eigenvalue weighted by Crippen LogP contribution is 2.33. The van der Waals surface area contributed by atoms with Gasteiger partial charge in [-0.25, -0.2) is 0 Å². The summed E-state index contributed by atoms with van der Waals surface area (Å²) in [5, 5.41) is 4.42. The van der Waals surface area contributed by atoms with Gasteiger partial charge in [0, 0.05) is 35.2 Å². The Hall–Kier alpha value is -2.59. The number of carbonyl (C=O) groups is 1. The third-order valence-electron chi connectivity index (χ3n) is 6.88. The van der Waals surface area contributed by atoms with E-state index in [0.29, 0.717) is 12.3 Å². The molecule has 0 aliphatic heterocycles. The molecule has 33 heavy (non-hydrogen) atoms. The van der Waals surface area contributed by atoms with E-state index in [1.165, 1.54) is 66.6 Å². The molecular weight excluding hydrogens is 406 g/mol. The molecule has 0 saturated heterocycles. The minimum Gasteiger partial charge on any atom is -0.358 e. The Bertz CT molecular complexity index is 1030. The lowest BCUT2D eigenvalue weighted by Crippen LogP contribution is -2.33. The normalized spacial score (nSPS) is 15.7. The van der Waals surface area contributed by atoms with Gasteiger partial charge < -0.3 is 15.2 Å². The van der Waals surface area contributed by atoms with Crippen LogP contribution < -0.4 is 5.32 Å². The molecule has 3 aromatic rings. The van der Waals surface area contributed by atoms with Crippen LogP contribution in [0.1, 0.15) is 62.8 Å². The van der Waals surface area contributed by atoms with Gasteiger partial charge in [-0.15, -0.1) is 0 Å². The molecule has 4 rings (SSSR count). The van der Waals surface area contributed by atoms with Gasteiger partial charge in [-0.3, -0.25) is 4.79 Å². The lowest BCUT2D eigenvalue weighted by molar-refractivity contribution is -0.116. The van der Waals surface area contributed by atoms with E-state index in [2.05, 4.69) is 65.4 Å². The van der Waals surface area contributed by atoms with E-state index in [4.69, 9.17) is 0 Å². The minimum absolute atomic E-state index is 0.0994. The molecular formula is C29H39N3O. The zero-order valence-corrected chi connectivity index (χ0v) is 20.3. The molecule has 176 valence electrons. The van der Waals surface area contributed by atoms with Crippen molar-refractivity contribution in [1.82, 2.24) is 9.88 Å². The molecule has 2 aromatic carbocycles. The maximum absolute atomic E-state index is 12.5. The number of H-pyrrole nitrogens is 1. The number of fused-ring (bicyclic) bond motifs is 3. The number of hydrogen-bond acceptors (Lipinski definition) is 2. The van der Waals surface area contributed by atoms with Crippen LogP contribution >= 0.6 is 0 Å². The number of nitrogens with zero attached hydrogens (tertiary/aromatic N) is 1. The second-order valence-corrected chi connectivity index (χ2v) is 9.64. The van der Waals surface area contributed by atoms with Crippen molar-refractivity contribution in [3.8, 4) is 0 Å². The van der Waals surface area contributed by atoms with E-state index in [1.54, 1.807) is 0 Å². The average molecular weight is 446 g/mol. The van der Waals surface area contributed by atoms with E-state index in [0.717, 1.165) is 31.4 Å². The fourth-order valence-electron chi connectivity index (χ4n) is 5.34. The van der Waals surface area contributed by atoms with Crippen molar-refractivity contribution in [3.05, 3.63) is 65.4 Å². The maximum atomic E-state index is 12.5. The summed E-state index contributed by atoms with van der Waals surface area (Å²) in [6.45, 7) is 8.15. The molecule has 4 nitrogen and oxygen atoms in total. The van der Waals surface area contributed by atoms with Gasteiger partial charge in [-0.1, -0.05) is 44.2 Å². The number of nitrogens with one attached hydrogen (secondary N) is 2. The van der Waals surface area contributed by atoms with Crippen LogP contribution in [0.15, 0.2) is 48.5 Å². The Morgan fingerprint density at radius 3 is 2.64 bits per heavy atom. The molecule has 1 aliphatic carbocycles. The lowest BCUT2D eigenvalue weighted by Gasteiger charge is -2.29. The van der Waals surface area contributed by atoms with Crippen molar-refractivity contribution in [3.63, 3.8) is 0 Å². The van der Waals surface area contributed by atoms with Crippen LogP contribution in [-0.4, -0.2) is 35.4 Å². The van der Waals surface area contributed by atoms with Crippen LogP contribution in [0, 0.1) is 5.92 Å². The quantitative estimate of drug-likeness (QED) is 0.361. The van der Waals surface area contributed by atoms with Gasteiger partial charge in [0.2, 0.25) is 5.91 Å². The van der Waals surface area contributed by atoms with Crippen molar-refractivity contribution in [2.24, 2.45) is 5.92 Å². The zero-order valence-electron chi connectivity index (χ0n) is 20.3. The van der Waals surface area contributed by atoms with E-state index in [1.807, 2.05) is 12.1 Å². The third kappa shape index (κ3) is 6.26. The monoisotopic (exact) mass is 445 g/mol. The number of amides is 1. The van der Waals surface area contributed by atoms with Crippen LogP contribution in [0.5, 0.6) is 0 Å². The molecule has 4 heteroatoms. The van der Waals surface area contributed by atoms with Gasteiger partial charge in [0.1, 0.15) is 0 Å². The van der Waals surface area contributed by atoms with Crippen molar-refractivity contribution < 1.29 is 4.79 Å². The van der Waals surface area contributed by atoms with E-state index >= 15 is 0 Å². The summed E-state index contributed by atoms with van der Waals surface area (Å²) in [5.74, 6) is 0.813. The van der Waals surface area contributed by atoms with Crippen molar-refractivity contribution in [2.75, 3.05) is 25.0 Å².